The molecule has 3 nitrogen and oxygen atoms in total. The van der Waals surface area contributed by atoms with Crippen LogP contribution >= 0.6 is 11.3 Å². The largest absolute Gasteiger partial charge is 0.494 e. The van der Waals surface area contributed by atoms with Crippen LogP contribution in [0.25, 0.3) is 20.8 Å². The first-order chi connectivity index (χ1) is 9.33. The number of aromatic nitrogens is 1. The highest BCUT2D eigenvalue weighted by Gasteiger charge is 2.13. The molecule has 0 fully saturated rings. The van der Waals surface area contributed by atoms with Crippen molar-refractivity contribution in [2.75, 3.05) is 7.11 Å². The summed E-state index contributed by atoms with van der Waals surface area (Å²) in [7, 11) is 1.61. The van der Waals surface area contributed by atoms with E-state index in [0.29, 0.717) is 11.3 Å². The maximum atomic E-state index is 11.1. The highest BCUT2D eigenvalue weighted by molar-refractivity contribution is 7.22. The van der Waals surface area contributed by atoms with E-state index in [9.17, 15) is 4.79 Å². The van der Waals surface area contributed by atoms with Gasteiger partial charge in [-0.15, -0.1) is 11.3 Å². The molecule has 0 radical (unpaired) electrons. The van der Waals surface area contributed by atoms with E-state index in [0.717, 1.165) is 27.1 Å². The number of rotatable bonds is 3. The summed E-state index contributed by atoms with van der Waals surface area (Å²) in [5.41, 5.74) is 2.44. The number of nitrogens with zero attached hydrogens (tertiary/aromatic N) is 1. The Bertz CT molecular complexity index is 734. The van der Waals surface area contributed by atoms with Crippen molar-refractivity contribution >= 4 is 27.8 Å². The van der Waals surface area contributed by atoms with Gasteiger partial charge in [-0.05, 0) is 12.1 Å². The minimum absolute atomic E-state index is 0.649. The Morgan fingerprint density at radius 2 is 1.95 bits per heavy atom. The molecule has 3 rings (SSSR count). The van der Waals surface area contributed by atoms with Gasteiger partial charge >= 0.3 is 0 Å². The second-order valence-corrected chi connectivity index (χ2v) is 5.04. The molecule has 1 aromatic heterocycles. The molecular weight excluding hydrogens is 258 g/mol. The van der Waals surface area contributed by atoms with Gasteiger partial charge in [-0.25, -0.2) is 4.98 Å². The van der Waals surface area contributed by atoms with E-state index in [4.69, 9.17) is 4.74 Å². The standard InChI is InChI=1S/C15H11NO2S/c1-18-12-8-7-11(9-17)14-13(12)16-15(19-14)10-5-3-2-4-6-10/h2-9H,1H3. The van der Waals surface area contributed by atoms with E-state index in [1.54, 1.807) is 19.2 Å². The average Bonchev–Trinajstić information content (AvgIpc) is 2.92. The fourth-order valence-electron chi connectivity index (χ4n) is 1.96. The predicted octanol–water partition coefficient (Wildman–Crippen LogP) is 3.78. The van der Waals surface area contributed by atoms with Crippen LogP contribution in [0.3, 0.4) is 0 Å². The smallest absolute Gasteiger partial charge is 0.151 e. The minimum atomic E-state index is 0.649. The molecule has 3 aromatic rings. The van der Waals surface area contributed by atoms with Gasteiger partial charge in [0.15, 0.2) is 6.29 Å². The Hall–Kier alpha value is -2.20. The van der Waals surface area contributed by atoms with Crippen LogP contribution in [0.15, 0.2) is 42.5 Å². The monoisotopic (exact) mass is 269 g/mol. The van der Waals surface area contributed by atoms with Gasteiger partial charge < -0.3 is 4.74 Å². The molecule has 0 spiro atoms. The number of ether oxygens (including phenoxy) is 1. The van der Waals surface area contributed by atoms with Crippen LogP contribution in [0.5, 0.6) is 5.75 Å². The van der Waals surface area contributed by atoms with Gasteiger partial charge in [-0.3, -0.25) is 4.79 Å². The molecule has 0 saturated heterocycles. The van der Waals surface area contributed by atoms with Crippen molar-refractivity contribution in [3.8, 4) is 16.3 Å². The third-order valence-electron chi connectivity index (χ3n) is 2.90. The third kappa shape index (κ3) is 2.00. The number of carbonyl (C=O) groups is 1. The summed E-state index contributed by atoms with van der Waals surface area (Å²) < 4.78 is 6.17. The average molecular weight is 269 g/mol. The zero-order valence-corrected chi connectivity index (χ0v) is 11.1. The molecule has 0 bridgehead atoms. The number of aldehydes is 1. The van der Waals surface area contributed by atoms with E-state index in [2.05, 4.69) is 4.98 Å². The normalized spacial score (nSPS) is 10.6. The minimum Gasteiger partial charge on any atom is -0.494 e. The lowest BCUT2D eigenvalue weighted by molar-refractivity contribution is 0.112. The zero-order chi connectivity index (χ0) is 13.2. The van der Waals surface area contributed by atoms with E-state index < -0.39 is 0 Å². The Balaban J connectivity index is 2.27. The van der Waals surface area contributed by atoms with Crippen molar-refractivity contribution in [2.45, 2.75) is 0 Å². The molecule has 0 unspecified atom stereocenters. The number of methoxy groups -OCH3 is 1. The van der Waals surface area contributed by atoms with Gasteiger partial charge in [-0.1, -0.05) is 30.3 Å². The Morgan fingerprint density at radius 3 is 2.63 bits per heavy atom. The van der Waals surface area contributed by atoms with Gasteiger partial charge in [0, 0.05) is 11.1 Å². The highest BCUT2D eigenvalue weighted by atomic mass is 32.1. The number of hydrogen-bond donors (Lipinski definition) is 0. The molecule has 94 valence electrons. The summed E-state index contributed by atoms with van der Waals surface area (Å²) in [5, 5.41) is 0.892. The van der Waals surface area contributed by atoms with Crippen LogP contribution in [-0.4, -0.2) is 18.4 Å². The number of benzene rings is 2. The van der Waals surface area contributed by atoms with Crippen molar-refractivity contribution in [3.63, 3.8) is 0 Å². The van der Waals surface area contributed by atoms with Crippen LogP contribution in [-0.2, 0) is 0 Å². The number of fused-ring (bicyclic) bond motifs is 1. The first-order valence-corrected chi connectivity index (χ1v) is 6.63. The maximum Gasteiger partial charge on any atom is 0.151 e. The fourth-order valence-corrected chi connectivity index (χ4v) is 3.03. The molecule has 2 aromatic carbocycles. The van der Waals surface area contributed by atoms with Gasteiger partial charge in [0.1, 0.15) is 16.3 Å². The summed E-state index contributed by atoms with van der Waals surface area (Å²) in [4.78, 5) is 15.7. The molecule has 0 atom stereocenters. The van der Waals surface area contributed by atoms with Crippen molar-refractivity contribution in [1.82, 2.24) is 4.98 Å². The first-order valence-electron chi connectivity index (χ1n) is 5.81. The lowest BCUT2D eigenvalue weighted by atomic mass is 10.2. The summed E-state index contributed by atoms with van der Waals surface area (Å²) in [6, 6.07) is 13.5. The lowest BCUT2D eigenvalue weighted by Crippen LogP contribution is -1.87. The van der Waals surface area contributed by atoms with E-state index >= 15 is 0 Å². The summed E-state index contributed by atoms with van der Waals surface area (Å²) in [6.07, 6.45) is 0.856. The molecule has 0 aliphatic heterocycles. The van der Waals surface area contributed by atoms with Gasteiger partial charge in [0.05, 0.1) is 11.8 Å². The molecule has 0 saturated carbocycles. The highest BCUT2D eigenvalue weighted by Crippen LogP contribution is 2.36. The van der Waals surface area contributed by atoms with Gasteiger partial charge in [-0.2, -0.15) is 0 Å². The molecule has 0 aliphatic rings. The Morgan fingerprint density at radius 1 is 1.16 bits per heavy atom. The maximum absolute atomic E-state index is 11.1. The van der Waals surface area contributed by atoms with E-state index in [1.165, 1.54) is 11.3 Å². The fraction of sp³-hybridized carbons (Fsp3) is 0.0667. The predicted molar refractivity (Wildman–Crippen MR) is 77.0 cm³/mol. The van der Waals surface area contributed by atoms with Crippen molar-refractivity contribution in [3.05, 3.63) is 48.0 Å². The van der Waals surface area contributed by atoms with Crippen LogP contribution in [0, 0.1) is 0 Å². The SMILES string of the molecule is COc1ccc(C=O)c2sc(-c3ccccc3)nc12. The third-order valence-corrected chi connectivity index (χ3v) is 4.06. The molecule has 0 aliphatic carbocycles. The second-order valence-electron chi connectivity index (χ2n) is 4.04. The molecule has 19 heavy (non-hydrogen) atoms. The van der Waals surface area contributed by atoms with Gasteiger partial charge in [0.25, 0.3) is 0 Å². The number of hydrogen-bond acceptors (Lipinski definition) is 4. The summed E-state index contributed by atoms with van der Waals surface area (Å²) >= 11 is 1.51. The van der Waals surface area contributed by atoms with Crippen molar-refractivity contribution in [1.29, 1.82) is 0 Å². The second kappa shape index (κ2) is 4.82. The van der Waals surface area contributed by atoms with Crippen molar-refractivity contribution in [2.24, 2.45) is 0 Å². The van der Waals surface area contributed by atoms with E-state index in [-0.39, 0.29) is 0 Å². The molecule has 0 amide bonds. The molecule has 0 N–H and O–H groups in total. The number of carbonyl (C=O) groups excluding carboxylic acids is 1. The quantitative estimate of drug-likeness (QED) is 0.679. The molecule has 4 heteroatoms. The summed E-state index contributed by atoms with van der Waals surface area (Å²) in [6.45, 7) is 0. The van der Waals surface area contributed by atoms with Crippen LogP contribution in [0.4, 0.5) is 0 Å². The first kappa shape index (κ1) is 11.9. The lowest BCUT2D eigenvalue weighted by Gasteiger charge is -2.00. The number of thiazole rings is 1. The van der Waals surface area contributed by atoms with Gasteiger partial charge in [0.2, 0.25) is 0 Å². The molecule has 1 heterocycles. The Labute approximate surface area is 114 Å². The van der Waals surface area contributed by atoms with Crippen molar-refractivity contribution < 1.29 is 9.53 Å². The van der Waals surface area contributed by atoms with Crippen LogP contribution in [0.2, 0.25) is 0 Å². The topological polar surface area (TPSA) is 39.2 Å². The van der Waals surface area contributed by atoms with Crippen LogP contribution < -0.4 is 4.74 Å². The summed E-state index contributed by atoms with van der Waals surface area (Å²) in [5.74, 6) is 0.694. The Kier molecular flexibility index (Phi) is 3.01. The van der Waals surface area contributed by atoms with Crippen LogP contribution in [0.1, 0.15) is 10.4 Å². The zero-order valence-electron chi connectivity index (χ0n) is 10.3. The molecular formula is C15H11NO2S. The van der Waals surface area contributed by atoms with E-state index in [1.807, 2.05) is 30.3 Å².